The average molecular weight is 344 g/mol. The quantitative estimate of drug-likeness (QED) is 0.787. The second kappa shape index (κ2) is 8.00. The van der Waals surface area contributed by atoms with Gasteiger partial charge in [0.1, 0.15) is 0 Å². The average Bonchev–Trinajstić information content (AvgIpc) is 3.37. The van der Waals surface area contributed by atoms with Crippen molar-refractivity contribution in [1.29, 1.82) is 0 Å². The standard InChI is InChI=1S/C20H28N2O3/c1-2-22(12-15-6-4-3-5-7-15)19(23)10-11-21-13-17(16-8-9-16)18(14-21)20(24)25/h3-7,16-18H,2,8-14H2,1H3,(H,24,25)/t17-,18+/m1/s1. The van der Waals surface area contributed by atoms with Crippen molar-refractivity contribution in [2.24, 2.45) is 17.8 Å². The van der Waals surface area contributed by atoms with Crippen LogP contribution in [0.15, 0.2) is 30.3 Å². The van der Waals surface area contributed by atoms with E-state index in [2.05, 4.69) is 4.90 Å². The molecule has 1 aliphatic carbocycles. The number of carbonyl (C=O) groups excluding carboxylic acids is 1. The maximum absolute atomic E-state index is 12.6. The van der Waals surface area contributed by atoms with Gasteiger partial charge in [0, 0.05) is 39.1 Å². The van der Waals surface area contributed by atoms with Crippen molar-refractivity contribution in [3.8, 4) is 0 Å². The highest BCUT2D eigenvalue weighted by Crippen LogP contribution is 2.44. The first-order valence-electron chi connectivity index (χ1n) is 9.35. The molecule has 2 atom stereocenters. The van der Waals surface area contributed by atoms with E-state index < -0.39 is 5.97 Å². The normalized spacial score (nSPS) is 23.6. The summed E-state index contributed by atoms with van der Waals surface area (Å²) < 4.78 is 0. The van der Waals surface area contributed by atoms with E-state index in [1.807, 2.05) is 42.2 Å². The number of hydrogen-bond acceptors (Lipinski definition) is 3. The number of nitrogens with zero attached hydrogens (tertiary/aromatic N) is 2. The van der Waals surface area contributed by atoms with E-state index in [-0.39, 0.29) is 17.7 Å². The maximum atomic E-state index is 12.6. The predicted molar refractivity (Wildman–Crippen MR) is 95.9 cm³/mol. The molecule has 1 aromatic rings. The third-order valence-corrected chi connectivity index (χ3v) is 5.58. The van der Waals surface area contributed by atoms with E-state index in [1.165, 1.54) is 12.8 Å². The number of amides is 1. The fourth-order valence-corrected chi connectivity index (χ4v) is 3.95. The van der Waals surface area contributed by atoms with E-state index in [1.54, 1.807) is 0 Å². The molecule has 1 N–H and O–H groups in total. The number of rotatable bonds is 8. The molecule has 0 unspecified atom stereocenters. The summed E-state index contributed by atoms with van der Waals surface area (Å²) in [6.45, 7) is 5.42. The monoisotopic (exact) mass is 344 g/mol. The van der Waals surface area contributed by atoms with Crippen LogP contribution in [0, 0.1) is 17.8 Å². The Labute approximate surface area is 149 Å². The highest BCUT2D eigenvalue weighted by Gasteiger charge is 2.45. The molecule has 136 valence electrons. The van der Waals surface area contributed by atoms with Crippen molar-refractivity contribution >= 4 is 11.9 Å². The Morgan fingerprint density at radius 3 is 2.52 bits per heavy atom. The number of carbonyl (C=O) groups is 2. The fourth-order valence-electron chi connectivity index (χ4n) is 3.95. The van der Waals surface area contributed by atoms with E-state index in [0.717, 1.165) is 12.1 Å². The molecule has 2 aliphatic rings. The predicted octanol–water partition coefficient (Wildman–Crippen LogP) is 2.47. The molecule has 3 rings (SSSR count). The Hall–Kier alpha value is -1.88. The van der Waals surface area contributed by atoms with Crippen LogP contribution in [0.25, 0.3) is 0 Å². The van der Waals surface area contributed by atoms with Gasteiger partial charge in [0.2, 0.25) is 5.91 Å². The first-order valence-corrected chi connectivity index (χ1v) is 9.35. The fraction of sp³-hybridized carbons (Fsp3) is 0.600. The Bertz CT molecular complexity index is 600. The van der Waals surface area contributed by atoms with Crippen LogP contribution < -0.4 is 0 Å². The molecule has 0 bridgehead atoms. The molecule has 1 aliphatic heterocycles. The summed E-state index contributed by atoms with van der Waals surface area (Å²) >= 11 is 0. The van der Waals surface area contributed by atoms with Crippen LogP contribution >= 0.6 is 0 Å². The number of hydrogen-bond donors (Lipinski definition) is 1. The summed E-state index contributed by atoms with van der Waals surface area (Å²) in [5, 5.41) is 9.44. The molecule has 0 aromatic heterocycles. The highest BCUT2D eigenvalue weighted by atomic mass is 16.4. The van der Waals surface area contributed by atoms with E-state index >= 15 is 0 Å². The van der Waals surface area contributed by atoms with E-state index in [9.17, 15) is 14.7 Å². The number of aliphatic carboxylic acids is 1. The maximum Gasteiger partial charge on any atom is 0.308 e. The van der Waals surface area contributed by atoms with Crippen LogP contribution in [0.4, 0.5) is 0 Å². The van der Waals surface area contributed by atoms with Gasteiger partial charge in [0.05, 0.1) is 5.92 Å². The van der Waals surface area contributed by atoms with Gasteiger partial charge in [-0.2, -0.15) is 0 Å². The summed E-state index contributed by atoms with van der Waals surface area (Å²) in [5.41, 5.74) is 1.14. The Kier molecular flexibility index (Phi) is 5.74. The van der Waals surface area contributed by atoms with Crippen LogP contribution in [0.2, 0.25) is 0 Å². The topological polar surface area (TPSA) is 60.9 Å². The smallest absolute Gasteiger partial charge is 0.308 e. The molecule has 1 amide bonds. The number of likely N-dealkylation sites (tertiary alicyclic amines) is 1. The van der Waals surface area contributed by atoms with Crippen LogP contribution in [-0.2, 0) is 16.1 Å². The minimum absolute atomic E-state index is 0.146. The second-order valence-electron chi connectivity index (χ2n) is 7.35. The van der Waals surface area contributed by atoms with Gasteiger partial charge in [-0.3, -0.25) is 9.59 Å². The molecule has 25 heavy (non-hydrogen) atoms. The molecule has 5 nitrogen and oxygen atoms in total. The van der Waals surface area contributed by atoms with Crippen molar-refractivity contribution in [3.05, 3.63) is 35.9 Å². The number of carboxylic acids is 1. The van der Waals surface area contributed by atoms with Gasteiger partial charge < -0.3 is 14.9 Å². The van der Waals surface area contributed by atoms with Gasteiger partial charge in [-0.1, -0.05) is 30.3 Å². The zero-order valence-corrected chi connectivity index (χ0v) is 14.9. The van der Waals surface area contributed by atoms with Gasteiger partial charge >= 0.3 is 5.97 Å². The highest BCUT2D eigenvalue weighted by molar-refractivity contribution is 5.76. The number of benzene rings is 1. The summed E-state index contributed by atoms with van der Waals surface area (Å²) in [5.74, 6) is 0.0820. The third kappa shape index (κ3) is 4.60. The number of carboxylic acid groups (broad SMARTS) is 1. The van der Waals surface area contributed by atoms with Gasteiger partial charge in [-0.25, -0.2) is 0 Å². The molecule has 5 heteroatoms. The lowest BCUT2D eigenvalue weighted by Gasteiger charge is -2.23. The lowest BCUT2D eigenvalue weighted by atomic mass is 9.92. The van der Waals surface area contributed by atoms with Crippen LogP contribution in [0.3, 0.4) is 0 Å². The molecule has 1 saturated carbocycles. The van der Waals surface area contributed by atoms with Crippen LogP contribution in [-0.4, -0.2) is 53.0 Å². The SMILES string of the molecule is CCN(Cc1ccccc1)C(=O)CCN1C[C@H](C(=O)O)[C@@H](C2CC2)C1. The molecule has 1 aromatic carbocycles. The van der Waals surface area contributed by atoms with Crippen molar-refractivity contribution in [3.63, 3.8) is 0 Å². The molecule has 1 saturated heterocycles. The summed E-state index contributed by atoms with van der Waals surface area (Å²) in [4.78, 5) is 28.1. The molecule has 0 radical (unpaired) electrons. The first-order chi connectivity index (χ1) is 12.1. The van der Waals surface area contributed by atoms with Gasteiger partial charge in [0.25, 0.3) is 0 Å². The molecule has 2 fully saturated rings. The van der Waals surface area contributed by atoms with Crippen LogP contribution in [0.5, 0.6) is 0 Å². The lowest BCUT2D eigenvalue weighted by molar-refractivity contribution is -0.142. The minimum Gasteiger partial charge on any atom is -0.481 e. The van der Waals surface area contributed by atoms with Gasteiger partial charge in [-0.05, 0) is 37.2 Å². The van der Waals surface area contributed by atoms with Crippen molar-refractivity contribution in [2.75, 3.05) is 26.2 Å². The van der Waals surface area contributed by atoms with Crippen molar-refractivity contribution in [2.45, 2.75) is 32.7 Å². The molecular formula is C20H28N2O3. The van der Waals surface area contributed by atoms with Crippen molar-refractivity contribution < 1.29 is 14.7 Å². The van der Waals surface area contributed by atoms with E-state index in [0.29, 0.717) is 38.5 Å². The van der Waals surface area contributed by atoms with Gasteiger partial charge in [-0.15, -0.1) is 0 Å². The zero-order valence-electron chi connectivity index (χ0n) is 14.9. The Balaban J connectivity index is 1.50. The van der Waals surface area contributed by atoms with Crippen molar-refractivity contribution in [1.82, 2.24) is 9.80 Å². The van der Waals surface area contributed by atoms with Crippen LogP contribution in [0.1, 0.15) is 31.7 Å². The molecule has 0 spiro atoms. The molecular weight excluding hydrogens is 316 g/mol. The lowest BCUT2D eigenvalue weighted by Crippen LogP contribution is -2.34. The third-order valence-electron chi connectivity index (χ3n) is 5.58. The van der Waals surface area contributed by atoms with E-state index in [4.69, 9.17) is 0 Å². The second-order valence-corrected chi connectivity index (χ2v) is 7.35. The Morgan fingerprint density at radius 2 is 1.92 bits per heavy atom. The summed E-state index contributed by atoms with van der Waals surface area (Å²) in [7, 11) is 0. The first kappa shape index (κ1) is 17.9. The van der Waals surface area contributed by atoms with Gasteiger partial charge in [0.15, 0.2) is 0 Å². The summed E-state index contributed by atoms with van der Waals surface area (Å²) in [6.07, 6.45) is 2.80. The Morgan fingerprint density at radius 1 is 1.20 bits per heavy atom. The molecule has 1 heterocycles. The zero-order chi connectivity index (χ0) is 17.8. The largest absolute Gasteiger partial charge is 0.481 e. The minimum atomic E-state index is -0.676. The summed E-state index contributed by atoms with van der Waals surface area (Å²) in [6, 6.07) is 10.0.